The molecule has 37 heavy (non-hydrogen) atoms. The van der Waals surface area contributed by atoms with Crippen LogP contribution in [-0.2, 0) is 9.59 Å². The van der Waals surface area contributed by atoms with E-state index < -0.39 is 35.4 Å². The Bertz CT molecular complexity index is 1150. The molecule has 1 aromatic heterocycles. The van der Waals surface area contributed by atoms with E-state index >= 15 is 0 Å². The smallest absolute Gasteiger partial charge is 0.237 e. The molecule has 9 heteroatoms. The van der Waals surface area contributed by atoms with Crippen molar-refractivity contribution in [1.82, 2.24) is 20.6 Å². The highest BCUT2D eigenvalue weighted by molar-refractivity contribution is 6.42. The number of likely N-dealkylation sites (N-methyl/N-ethyl adjacent to an activating group) is 1. The predicted molar refractivity (Wildman–Crippen MR) is 139 cm³/mol. The van der Waals surface area contributed by atoms with Crippen LogP contribution < -0.4 is 10.6 Å². The molecule has 0 bridgehead atoms. The van der Waals surface area contributed by atoms with Crippen LogP contribution in [0.3, 0.4) is 0 Å². The minimum atomic E-state index is -0.784. The van der Waals surface area contributed by atoms with Crippen molar-refractivity contribution < 1.29 is 18.8 Å². The summed E-state index contributed by atoms with van der Waals surface area (Å²) in [6.07, 6.45) is 5.10. The lowest BCUT2D eigenvalue weighted by atomic mass is 9.79. The van der Waals surface area contributed by atoms with Crippen LogP contribution in [0.15, 0.2) is 30.3 Å². The number of Topliss-reactive ketones (excluding diaryl/α,β-unsaturated/α-hetero) is 1. The fraction of sp³-hybridized carbons (Fsp3) is 0.500. The first-order valence-corrected chi connectivity index (χ1v) is 12.9. The van der Waals surface area contributed by atoms with Crippen molar-refractivity contribution in [3.05, 3.63) is 58.9 Å². The van der Waals surface area contributed by atoms with Gasteiger partial charge in [0.2, 0.25) is 11.7 Å². The number of ketones is 2. The number of halogens is 1. The average Bonchev–Trinajstić information content (AvgIpc) is 2.91. The second kappa shape index (κ2) is 12.8. The van der Waals surface area contributed by atoms with E-state index in [1.807, 2.05) is 6.92 Å². The number of carbonyl (C=O) groups is 3. The molecule has 0 spiro atoms. The standard InChI is InChI=1S/C28H36FN5O3/c1-5-21(22-15-23(33-17(3)32-22)26(35)19-11-13-20(29)14-12-19)24(30)27(36)25(18-9-7-6-8-10-18)34-28(37)16(2)31-4/h11-16,18,21,25,30-31H,5-10H2,1-4H3,(H,34,37)/t16-,21-,25-/m0/s1. The average molecular weight is 510 g/mol. The Labute approximate surface area is 217 Å². The van der Waals surface area contributed by atoms with Gasteiger partial charge in [-0.2, -0.15) is 0 Å². The first-order chi connectivity index (χ1) is 17.7. The molecule has 1 amide bonds. The van der Waals surface area contributed by atoms with E-state index in [2.05, 4.69) is 20.6 Å². The second-order valence-electron chi connectivity index (χ2n) is 9.69. The highest BCUT2D eigenvalue weighted by Gasteiger charge is 2.36. The molecule has 0 saturated heterocycles. The van der Waals surface area contributed by atoms with E-state index in [1.54, 1.807) is 20.9 Å². The molecule has 8 nitrogen and oxygen atoms in total. The fourth-order valence-electron chi connectivity index (χ4n) is 4.81. The van der Waals surface area contributed by atoms with Crippen LogP contribution in [0.2, 0.25) is 0 Å². The van der Waals surface area contributed by atoms with Gasteiger partial charge in [0, 0.05) is 11.5 Å². The summed E-state index contributed by atoms with van der Waals surface area (Å²) in [6, 6.07) is 5.45. The van der Waals surface area contributed by atoms with Gasteiger partial charge in [0.05, 0.1) is 23.5 Å². The van der Waals surface area contributed by atoms with Gasteiger partial charge in [0.15, 0.2) is 5.78 Å². The molecular weight excluding hydrogens is 473 g/mol. The third kappa shape index (κ3) is 6.91. The summed E-state index contributed by atoms with van der Waals surface area (Å²) in [7, 11) is 1.68. The number of benzene rings is 1. The Morgan fingerprint density at radius 2 is 1.76 bits per heavy atom. The molecule has 2 aromatic rings. The molecule has 3 atom stereocenters. The highest BCUT2D eigenvalue weighted by Crippen LogP contribution is 2.29. The number of aryl methyl sites for hydroxylation is 1. The first kappa shape index (κ1) is 28.2. The van der Waals surface area contributed by atoms with Crippen molar-refractivity contribution in [3.63, 3.8) is 0 Å². The van der Waals surface area contributed by atoms with Gasteiger partial charge in [-0.15, -0.1) is 0 Å². The molecule has 198 valence electrons. The Morgan fingerprint density at radius 3 is 2.35 bits per heavy atom. The maximum absolute atomic E-state index is 13.7. The SMILES string of the molecule is CC[C@H](C(=N)C(=O)[C@@H](NC(=O)[C@H](C)NC)C1CCCCC1)c1cc(C(=O)c2ccc(F)cc2)nc(C)n1. The van der Waals surface area contributed by atoms with Gasteiger partial charge < -0.3 is 16.0 Å². The summed E-state index contributed by atoms with van der Waals surface area (Å²) in [5.41, 5.74) is 0.654. The minimum Gasteiger partial charge on any atom is -0.344 e. The molecule has 1 aliphatic carbocycles. The van der Waals surface area contributed by atoms with E-state index in [4.69, 9.17) is 5.41 Å². The minimum absolute atomic E-state index is 0.0325. The van der Waals surface area contributed by atoms with Gasteiger partial charge in [0.1, 0.15) is 17.3 Å². The summed E-state index contributed by atoms with van der Waals surface area (Å²) in [4.78, 5) is 48.2. The molecule has 0 radical (unpaired) electrons. The van der Waals surface area contributed by atoms with Gasteiger partial charge in [-0.3, -0.25) is 14.4 Å². The molecule has 1 saturated carbocycles. The number of carbonyl (C=O) groups excluding carboxylic acids is 3. The monoisotopic (exact) mass is 509 g/mol. The molecule has 3 rings (SSSR count). The van der Waals surface area contributed by atoms with Gasteiger partial charge in [-0.05, 0) is 76.4 Å². The van der Waals surface area contributed by atoms with Crippen molar-refractivity contribution in [2.75, 3.05) is 7.05 Å². The zero-order valence-electron chi connectivity index (χ0n) is 21.9. The van der Waals surface area contributed by atoms with Crippen molar-refractivity contribution in [3.8, 4) is 0 Å². The molecular formula is C28H36FN5O3. The van der Waals surface area contributed by atoms with Gasteiger partial charge in [-0.25, -0.2) is 14.4 Å². The van der Waals surface area contributed by atoms with E-state index in [0.29, 0.717) is 17.9 Å². The molecule has 1 heterocycles. The molecule has 1 aliphatic rings. The second-order valence-corrected chi connectivity index (χ2v) is 9.69. The highest BCUT2D eigenvalue weighted by atomic mass is 19.1. The summed E-state index contributed by atoms with van der Waals surface area (Å²) in [6.45, 7) is 5.22. The van der Waals surface area contributed by atoms with E-state index in [1.165, 1.54) is 30.3 Å². The Morgan fingerprint density at radius 1 is 1.11 bits per heavy atom. The van der Waals surface area contributed by atoms with Crippen molar-refractivity contribution >= 4 is 23.2 Å². The van der Waals surface area contributed by atoms with Crippen LogP contribution >= 0.6 is 0 Å². The number of aromatic nitrogens is 2. The number of nitrogens with one attached hydrogen (secondary N) is 3. The van der Waals surface area contributed by atoms with Crippen LogP contribution in [0.4, 0.5) is 4.39 Å². The van der Waals surface area contributed by atoms with E-state index in [-0.39, 0.29) is 28.8 Å². The lowest BCUT2D eigenvalue weighted by Gasteiger charge is -2.31. The summed E-state index contributed by atoms with van der Waals surface area (Å²) < 4.78 is 13.3. The zero-order chi connectivity index (χ0) is 27.1. The van der Waals surface area contributed by atoms with Crippen LogP contribution in [0.25, 0.3) is 0 Å². The molecule has 1 fully saturated rings. The normalized spacial score (nSPS) is 16.5. The van der Waals surface area contributed by atoms with E-state index in [9.17, 15) is 18.8 Å². The molecule has 3 N–H and O–H groups in total. The van der Waals surface area contributed by atoms with E-state index in [0.717, 1.165) is 32.1 Å². The lowest BCUT2D eigenvalue weighted by molar-refractivity contribution is -0.127. The predicted octanol–water partition coefficient (Wildman–Crippen LogP) is 3.91. The van der Waals surface area contributed by atoms with Crippen LogP contribution in [-0.4, -0.2) is 52.3 Å². The Kier molecular flexibility index (Phi) is 9.74. The van der Waals surface area contributed by atoms with Gasteiger partial charge >= 0.3 is 0 Å². The molecule has 1 aromatic carbocycles. The fourth-order valence-corrected chi connectivity index (χ4v) is 4.81. The van der Waals surface area contributed by atoms with Crippen molar-refractivity contribution in [1.29, 1.82) is 5.41 Å². The number of nitrogens with zero attached hydrogens (tertiary/aromatic N) is 2. The topological polar surface area (TPSA) is 125 Å². The number of hydrogen-bond donors (Lipinski definition) is 3. The van der Waals surface area contributed by atoms with Crippen LogP contribution in [0, 0.1) is 24.1 Å². The lowest BCUT2D eigenvalue weighted by Crippen LogP contribution is -2.53. The third-order valence-corrected chi connectivity index (χ3v) is 7.10. The zero-order valence-corrected chi connectivity index (χ0v) is 21.9. The Balaban J connectivity index is 1.90. The number of hydrogen-bond acceptors (Lipinski definition) is 7. The Hall–Kier alpha value is -3.33. The maximum Gasteiger partial charge on any atom is 0.237 e. The molecule has 0 unspecified atom stereocenters. The third-order valence-electron chi connectivity index (χ3n) is 7.10. The van der Waals surface area contributed by atoms with Crippen molar-refractivity contribution in [2.45, 2.75) is 77.3 Å². The number of rotatable bonds is 11. The first-order valence-electron chi connectivity index (χ1n) is 12.9. The van der Waals surface area contributed by atoms with Gasteiger partial charge in [-0.1, -0.05) is 26.2 Å². The van der Waals surface area contributed by atoms with Crippen molar-refractivity contribution in [2.24, 2.45) is 5.92 Å². The summed E-state index contributed by atoms with van der Waals surface area (Å²) in [5, 5.41) is 14.7. The largest absolute Gasteiger partial charge is 0.344 e. The quantitative estimate of drug-likeness (QED) is 0.312. The van der Waals surface area contributed by atoms with Crippen LogP contribution in [0.5, 0.6) is 0 Å². The summed E-state index contributed by atoms with van der Waals surface area (Å²) >= 11 is 0. The number of amides is 1. The molecule has 0 aliphatic heterocycles. The van der Waals surface area contributed by atoms with Crippen LogP contribution in [0.1, 0.15) is 85.9 Å². The maximum atomic E-state index is 13.7. The van der Waals surface area contributed by atoms with Gasteiger partial charge in [0.25, 0.3) is 0 Å². The summed E-state index contributed by atoms with van der Waals surface area (Å²) in [5.74, 6) is -1.91.